The number of fused-ring (bicyclic) bond motifs is 1. The molecule has 1 aromatic heterocycles. The first-order chi connectivity index (χ1) is 9.79. The lowest BCUT2D eigenvalue weighted by molar-refractivity contribution is 0.149. The fourth-order valence-corrected chi connectivity index (χ4v) is 1.86. The predicted octanol–water partition coefficient (Wildman–Crippen LogP) is 1.44. The first-order valence-electron chi connectivity index (χ1n) is 6.82. The summed E-state index contributed by atoms with van der Waals surface area (Å²) in [6, 6.07) is 7.69. The van der Waals surface area contributed by atoms with Crippen LogP contribution in [0.2, 0.25) is 0 Å². The van der Waals surface area contributed by atoms with Crippen LogP contribution < -0.4 is 10.6 Å². The van der Waals surface area contributed by atoms with Gasteiger partial charge in [0.2, 0.25) is 0 Å². The lowest BCUT2D eigenvalue weighted by Gasteiger charge is -2.06. The van der Waals surface area contributed by atoms with Crippen LogP contribution in [0.4, 0.5) is 4.79 Å². The topological polar surface area (TPSA) is 79.0 Å². The Morgan fingerprint density at radius 1 is 1.30 bits per heavy atom. The monoisotopic (exact) mass is 276 g/mol. The summed E-state index contributed by atoms with van der Waals surface area (Å²) >= 11 is 0. The molecular weight excluding hydrogens is 256 g/mol. The molecule has 1 heterocycles. The van der Waals surface area contributed by atoms with Gasteiger partial charge in [0.05, 0.1) is 17.6 Å². The molecule has 108 valence electrons. The van der Waals surface area contributed by atoms with E-state index >= 15 is 0 Å². The van der Waals surface area contributed by atoms with Gasteiger partial charge in [0.25, 0.3) is 0 Å². The van der Waals surface area contributed by atoms with Crippen molar-refractivity contribution >= 4 is 17.1 Å². The number of aromatic nitrogens is 2. The zero-order chi connectivity index (χ0) is 14.2. The van der Waals surface area contributed by atoms with Gasteiger partial charge in [-0.2, -0.15) is 0 Å². The highest BCUT2D eigenvalue weighted by atomic mass is 16.5. The maximum atomic E-state index is 11.5. The minimum absolute atomic E-state index is 0.180. The highest BCUT2D eigenvalue weighted by Crippen LogP contribution is 2.10. The van der Waals surface area contributed by atoms with E-state index in [0.29, 0.717) is 32.7 Å². The molecule has 2 rings (SSSR count). The van der Waals surface area contributed by atoms with Crippen LogP contribution in [0.5, 0.6) is 0 Å². The van der Waals surface area contributed by atoms with Gasteiger partial charge in [0.15, 0.2) is 0 Å². The van der Waals surface area contributed by atoms with Crippen molar-refractivity contribution in [1.29, 1.82) is 0 Å². The average molecular weight is 276 g/mol. The summed E-state index contributed by atoms with van der Waals surface area (Å²) in [5.41, 5.74) is 1.97. The molecule has 20 heavy (non-hydrogen) atoms. The largest absolute Gasteiger partial charge is 0.380 e. The second-order valence-electron chi connectivity index (χ2n) is 4.33. The summed E-state index contributed by atoms with van der Waals surface area (Å²) in [7, 11) is 0. The number of nitrogens with one attached hydrogen (secondary N) is 3. The summed E-state index contributed by atoms with van der Waals surface area (Å²) in [6.07, 6.45) is 0.674. The first-order valence-corrected chi connectivity index (χ1v) is 6.82. The van der Waals surface area contributed by atoms with Gasteiger partial charge in [-0.05, 0) is 19.1 Å². The normalized spacial score (nSPS) is 10.7. The van der Waals surface area contributed by atoms with E-state index in [1.807, 2.05) is 31.2 Å². The molecule has 0 saturated heterocycles. The second kappa shape index (κ2) is 7.49. The van der Waals surface area contributed by atoms with Crippen LogP contribution in [0, 0.1) is 0 Å². The van der Waals surface area contributed by atoms with Gasteiger partial charge in [0.1, 0.15) is 5.82 Å². The molecule has 1 aromatic carbocycles. The van der Waals surface area contributed by atoms with E-state index < -0.39 is 0 Å². The number of rotatable bonds is 7. The van der Waals surface area contributed by atoms with Crippen LogP contribution in [0.1, 0.15) is 12.7 Å². The Hall–Kier alpha value is -2.08. The van der Waals surface area contributed by atoms with Crippen LogP contribution in [0.3, 0.4) is 0 Å². The quantitative estimate of drug-likeness (QED) is 0.670. The van der Waals surface area contributed by atoms with Crippen LogP contribution in [0.15, 0.2) is 24.3 Å². The molecule has 0 fully saturated rings. The van der Waals surface area contributed by atoms with Gasteiger partial charge in [-0.15, -0.1) is 0 Å². The minimum atomic E-state index is -0.180. The van der Waals surface area contributed by atoms with Crippen molar-refractivity contribution in [3.05, 3.63) is 30.1 Å². The number of carbonyl (C=O) groups is 1. The van der Waals surface area contributed by atoms with Crippen molar-refractivity contribution < 1.29 is 9.53 Å². The van der Waals surface area contributed by atoms with Crippen LogP contribution in [-0.2, 0) is 11.2 Å². The molecule has 0 atom stereocenters. The fourth-order valence-electron chi connectivity index (χ4n) is 1.86. The summed E-state index contributed by atoms with van der Waals surface area (Å²) in [6.45, 7) is 4.18. The van der Waals surface area contributed by atoms with E-state index in [2.05, 4.69) is 20.6 Å². The molecule has 6 nitrogen and oxygen atoms in total. The molecule has 6 heteroatoms. The first kappa shape index (κ1) is 14.3. The summed E-state index contributed by atoms with van der Waals surface area (Å²) in [5, 5.41) is 5.51. The average Bonchev–Trinajstić information content (AvgIpc) is 2.86. The predicted molar refractivity (Wildman–Crippen MR) is 77.7 cm³/mol. The van der Waals surface area contributed by atoms with Crippen molar-refractivity contribution in [3.63, 3.8) is 0 Å². The Balaban J connectivity index is 1.68. The zero-order valence-corrected chi connectivity index (χ0v) is 11.6. The van der Waals surface area contributed by atoms with Crippen LogP contribution in [0.25, 0.3) is 11.0 Å². The fraction of sp³-hybridized carbons (Fsp3) is 0.429. The Labute approximate surface area is 117 Å². The Bertz CT molecular complexity index is 520. The van der Waals surface area contributed by atoms with Gasteiger partial charge >= 0.3 is 6.03 Å². The van der Waals surface area contributed by atoms with Crippen molar-refractivity contribution in [2.45, 2.75) is 13.3 Å². The number of H-pyrrole nitrogens is 1. The molecule has 2 aromatic rings. The number of benzene rings is 1. The summed E-state index contributed by atoms with van der Waals surface area (Å²) < 4.78 is 5.13. The molecule has 0 aliphatic rings. The highest BCUT2D eigenvalue weighted by Gasteiger charge is 2.03. The van der Waals surface area contributed by atoms with Crippen molar-refractivity contribution in [2.75, 3.05) is 26.3 Å². The van der Waals surface area contributed by atoms with E-state index in [1.54, 1.807) is 0 Å². The SMILES string of the molecule is CCOCCNC(=O)NCCc1nc2ccccc2[nH]1. The Morgan fingerprint density at radius 3 is 2.90 bits per heavy atom. The molecule has 3 N–H and O–H groups in total. The number of urea groups is 1. The molecule has 0 bridgehead atoms. The van der Waals surface area contributed by atoms with Crippen molar-refractivity contribution in [2.24, 2.45) is 0 Å². The van der Waals surface area contributed by atoms with E-state index in [4.69, 9.17) is 4.74 Å². The number of aromatic amines is 1. The smallest absolute Gasteiger partial charge is 0.314 e. The third-order valence-corrected chi connectivity index (χ3v) is 2.82. The third kappa shape index (κ3) is 4.24. The Kier molecular flexibility index (Phi) is 5.37. The maximum absolute atomic E-state index is 11.5. The molecule has 0 saturated carbocycles. The number of para-hydroxylation sites is 2. The lowest BCUT2D eigenvalue weighted by Crippen LogP contribution is -2.38. The highest BCUT2D eigenvalue weighted by molar-refractivity contribution is 5.75. The number of nitrogens with zero attached hydrogens (tertiary/aromatic N) is 1. The molecule has 0 spiro atoms. The molecule has 2 amide bonds. The van der Waals surface area contributed by atoms with Crippen molar-refractivity contribution in [1.82, 2.24) is 20.6 Å². The summed E-state index contributed by atoms with van der Waals surface area (Å²) in [5.74, 6) is 0.876. The van der Waals surface area contributed by atoms with E-state index in [9.17, 15) is 4.79 Å². The van der Waals surface area contributed by atoms with Crippen LogP contribution in [-0.4, -0.2) is 42.3 Å². The van der Waals surface area contributed by atoms with Gasteiger partial charge in [-0.3, -0.25) is 0 Å². The van der Waals surface area contributed by atoms with Crippen molar-refractivity contribution in [3.8, 4) is 0 Å². The van der Waals surface area contributed by atoms with E-state index in [-0.39, 0.29) is 6.03 Å². The van der Waals surface area contributed by atoms with Crippen LogP contribution >= 0.6 is 0 Å². The third-order valence-electron chi connectivity index (χ3n) is 2.82. The Morgan fingerprint density at radius 2 is 2.10 bits per heavy atom. The number of hydrogen-bond donors (Lipinski definition) is 3. The molecule has 0 unspecified atom stereocenters. The van der Waals surface area contributed by atoms with E-state index in [1.165, 1.54) is 0 Å². The number of imidazole rings is 1. The number of ether oxygens (including phenoxy) is 1. The van der Waals surface area contributed by atoms with Gasteiger partial charge in [-0.1, -0.05) is 12.1 Å². The molecule has 0 radical (unpaired) electrons. The minimum Gasteiger partial charge on any atom is -0.380 e. The molecule has 0 aliphatic carbocycles. The maximum Gasteiger partial charge on any atom is 0.314 e. The number of carbonyl (C=O) groups excluding carboxylic acids is 1. The second-order valence-corrected chi connectivity index (χ2v) is 4.33. The zero-order valence-electron chi connectivity index (χ0n) is 11.6. The number of hydrogen-bond acceptors (Lipinski definition) is 3. The van der Waals surface area contributed by atoms with E-state index in [0.717, 1.165) is 16.9 Å². The molecule has 0 aliphatic heterocycles. The lowest BCUT2D eigenvalue weighted by atomic mass is 10.3. The van der Waals surface area contributed by atoms with Gasteiger partial charge in [0, 0.05) is 26.1 Å². The standard InChI is InChI=1S/C14H20N4O2/c1-2-20-10-9-16-14(19)15-8-7-13-17-11-5-3-4-6-12(11)18-13/h3-6H,2,7-10H2,1H3,(H,17,18)(H2,15,16,19). The number of amides is 2. The summed E-state index contributed by atoms with van der Waals surface area (Å²) in [4.78, 5) is 19.1. The molecular formula is C14H20N4O2. The van der Waals surface area contributed by atoms with Gasteiger partial charge in [-0.25, -0.2) is 9.78 Å². The van der Waals surface area contributed by atoms with Gasteiger partial charge < -0.3 is 20.4 Å².